The zero-order valence-electron chi connectivity index (χ0n) is 12.8. The van der Waals surface area contributed by atoms with Gasteiger partial charge in [-0.1, -0.05) is 48.0 Å². The van der Waals surface area contributed by atoms with Crippen molar-refractivity contribution in [3.05, 3.63) is 40.4 Å². The zero-order valence-corrected chi connectivity index (χ0v) is 14.3. The topological polar surface area (TPSA) is 23.6 Å². The van der Waals surface area contributed by atoms with Crippen LogP contribution in [0.3, 0.4) is 0 Å². The van der Waals surface area contributed by atoms with E-state index < -0.39 is 0 Å². The highest BCUT2D eigenvalue weighted by atomic mass is 79.9. The second-order valence-corrected chi connectivity index (χ2v) is 6.73. The third kappa shape index (κ3) is 4.97. The highest BCUT2D eigenvalue weighted by molar-refractivity contribution is 9.10. The molecule has 4 heteroatoms. The molecule has 0 saturated carbocycles. The van der Waals surface area contributed by atoms with E-state index in [1.54, 1.807) is 6.08 Å². The van der Waals surface area contributed by atoms with Crippen LogP contribution in [0.1, 0.15) is 19.4 Å². The van der Waals surface area contributed by atoms with Crippen molar-refractivity contribution in [1.29, 1.82) is 0 Å². The van der Waals surface area contributed by atoms with Crippen LogP contribution in [-0.2, 0) is 4.79 Å². The molecule has 0 radical (unpaired) electrons. The smallest absolute Gasteiger partial charge is 0.246 e. The van der Waals surface area contributed by atoms with Crippen molar-refractivity contribution in [3.63, 3.8) is 0 Å². The highest BCUT2D eigenvalue weighted by Crippen LogP contribution is 2.17. The third-order valence-electron chi connectivity index (χ3n) is 3.62. The maximum Gasteiger partial charge on any atom is 0.246 e. The van der Waals surface area contributed by atoms with E-state index in [9.17, 15) is 4.79 Å². The number of carbonyl (C=O) groups is 1. The lowest BCUT2D eigenvalue weighted by molar-refractivity contribution is -0.127. The van der Waals surface area contributed by atoms with E-state index >= 15 is 0 Å². The van der Waals surface area contributed by atoms with Gasteiger partial charge < -0.3 is 4.90 Å². The Morgan fingerprint density at radius 3 is 2.52 bits per heavy atom. The van der Waals surface area contributed by atoms with Crippen molar-refractivity contribution in [1.82, 2.24) is 9.80 Å². The van der Waals surface area contributed by atoms with Crippen molar-refractivity contribution < 1.29 is 4.79 Å². The van der Waals surface area contributed by atoms with Gasteiger partial charge in [0.2, 0.25) is 5.91 Å². The van der Waals surface area contributed by atoms with Gasteiger partial charge in [0, 0.05) is 43.3 Å². The van der Waals surface area contributed by atoms with E-state index in [0.29, 0.717) is 5.92 Å². The number of hydrogen-bond donors (Lipinski definition) is 0. The zero-order chi connectivity index (χ0) is 15.2. The van der Waals surface area contributed by atoms with Gasteiger partial charge in [0.15, 0.2) is 0 Å². The van der Waals surface area contributed by atoms with E-state index in [-0.39, 0.29) is 5.91 Å². The second-order valence-electron chi connectivity index (χ2n) is 5.87. The highest BCUT2D eigenvalue weighted by Gasteiger charge is 2.19. The normalized spacial score (nSPS) is 16.9. The Hall–Kier alpha value is -1.13. The quantitative estimate of drug-likeness (QED) is 0.778. The Labute approximate surface area is 135 Å². The number of benzene rings is 1. The minimum absolute atomic E-state index is 0.106. The van der Waals surface area contributed by atoms with Gasteiger partial charge in [-0.05, 0) is 23.6 Å². The summed E-state index contributed by atoms with van der Waals surface area (Å²) < 4.78 is 1.01. The summed E-state index contributed by atoms with van der Waals surface area (Å²) >= 11 is 3.49. The standard InChI is InChI=1S/C17H23BrN2O/c1-14(2)13-19-9-11-20(12-10-19)17(21)8-7-15-5-3-4-6-16(15)18/h3-8,14H,9-13H2,1-2H3/b8-7+. The summed E-state index contributed by atoms with van der Waals surface area (Å²) in [6.45, 7) is 9.20. The minimum atomic E-state index is 0.106. The minimum Gasteiger partial charge on any atom is -0.337 e. The molecule has 0 spiro atoms. The van der Waals surface area contributed by atoms with Crippen molar-refractivity contribution in [2.45, 2.75) is 13.8 Å². The molecule has 0 aromatic heterocycles. The van der Waals surface area contributed by atoms with Gasteiger partial charge in [-0.25, -0.2) is 0 Å². The van der Waals surface area contributed by atoms with E-state index in [4.69, 9.17) is 0 Å². The van der Waals surface area contributed by atoms with Gasteiger partial charge in [0.05, 0.1) is 0 Å². The first kappa shape index (κ1) is 16.2. The van der Waals surface area contributed by atoms with Crippen LogP contribution in [0.25, 0.3) is 6.08 Å². The maximum atomic E-state index is 12.2. The lowest BCUT2D eigenvalue weighted by atomic mass is 10.2. The van der Waals surface area contributed by atoms with E-state index in [1.165, 1.54) is 0 Å². The molecule has 0 atom stereocenters. The molecule has 1 aromatic rings. The van der Waals surface area contributed by atoms with Crippen LogP contribution in [0.15, 0.2) is 34.8 Å². The summed E-state index contributed by atoms with van der Waals surface area (Å²) in [5.41, 5.74) is 1.03. The van der Waals surface area contributed by atoms with Gasteiger partial charge in [0.1, 0.15) is 0 Å². The molecule has 1 fully saturated rings. The van der Waals surface area contributed by atoms with Crippen LogP contribution in [0.4, 0.5) is 0 Å². The van der Waals surface area contributed by atoms with Crippen LogP contribution in [0, 0.1) is 5.92 Å². The molecule has 1 aromatic carbocycles. The van der Waals surface area contributed by atoms with Crippen LogP contribution in [0.5, 0.6) is 0 Å². The van der Waals surface area contributed by atoms with Crippen LogP contribution in [0.2, 0.25) is 0 Å². The molecule has 1 amide bonds. The monoisotopic (exact) mass is 350 g/mol. The van der Waals surface area contributed by atoms with Crippen LogP contribution < -0.4 is 0 Å². The van der Waals surface area contributed by atoms with Crippen molar-refractivity contribution in [2.75, 3.05) is 32.7 Å². The summed E-state index contributed by atoms with van der Waals surface area (Å²) in [7, 11) is 0. The van der Waals surface area contributed by atoms with Gasteiger partial charge in [0.25, 0.3) is 0 Å². The van der Waals surface area contributed by atoms with Crippen molar-refractivity contribution in [2.24, 2.45) is 5.92 Å². The van der Waals surface area contributed by atoms with Crippen LogP contribution in [-0.4, -0.2) is 48.4 Å². The first-order valence-corrected chi connectivity index (χ1v) is 8.29. The number of hydrogen-bond acceptors (Lipinski definition) is 2. The van der Waals surface area contributed by atoms with Crippen molar-refractivity contribution >= 4 is 27.9 Å². The fraction of sp³-hybridized carbons (Fsp3) is 0.471. The molecule has 0 unspecified atom stereocenters. The fourth-order valence-electron chi connectivity index (χ4n) is 2.54. The Balaban J connectivity index is 1.86. The number of nitrogens with zero attached hydrogens (tertiary/aromatic N) is 2. The van der Waals surface area contributed by atoms with Gasteiger partial charge >= 0.3 is 0 Å². The summed E-state index contributed by atoms with van der Waals surface area (Å²) in [6, 6.07) is 7.92. The van der Waals surface area contributed by atoms with E-state index in [0.717, 1.165) is 42.8 Å². The first-order valence-electron chi connectivity index (χ1n) is 7.50. The molecule has 3 nitrogen and oxygen atoms in total. The number of piperazine rings is 1. The molecule has 114 valence electrons. The average Bonchev–Trinajstić information content (AvgIpc) is 2.46. The predicted molar refractivity (Wildman–Crippen MR) is 91.0 cm³/mol. The summed E-state index contributed by atoms with van der Waals surface area (Å²) in [5.74, 6) is 0.789. The lowest BCUT2D eigenvalue weighted by Crippen LogP contribution is -2.49. The van der Waals surface area contributed by atoms with Gasteiger partial charge in [-0.2, -0.15) is 0 Å². The summed E-state index contributed by atoms with van der Waals surface area (Å²) in [4.78, 5) is 16.6. The first-order chi connectivity index (χ1) is 10.1. The van der Waals surface area contributed by atoms with Gasteiger partial charge in [-0.3, -0.25) is 9.69 Å². The number of amides is 1. The lowest BCUT2D eigenvalue weighted by Gasteiger charge is -2.35. The van der Waals surface area contributed by atoms with E-state index in [2.05, 4.69) is 34.7 Å². The number of carbonyl (C=O) groups excluding carboxylic acids is 1. The Kier molecular flexibility index (Phi) is 6.00. The molecule has 2 rings (SSSR count). The molecule has 1 aliphatic heterocycles. The van der Waals surface area contributed by atoms with Gasteiger partial charge in [-0.15, -0.1) is 0 Å². The average molecular weight is 351 g/mol. The van der Waals surface area contributed by atoms with Crippen LogP contribution >= 0.6 is 15.9 Å². The Bertz CT molecular complexity index is 505. The SMILES string of the molecule is CC(C)CN1CCN(C(=O)/C=C/c2ccccc2Br)CC1. The second kappa shape index (κ2) is 7.76. The number of rotatable bonds is 4. The molecular weight excluding hydrogens is 328 g/mol. The molecule has 1 heterocycles. The summed E-state index contributed by atoms with van der Waals surface area (Å²) in [5, 5.41) is 0. The molecule has 0 aliphatic carbocycles. The maximum absolute atomic E-state index is 12.2. The predicted octanol–water partition coefficient (Wildman–Crippen LogP) is 3.26. The fourth-order valence-corrected chi connectivity index (χ4v) is 2.96. The Morgan fingerprint density at radius 1 is 1.24 bits per heavy atom. The number of halogens is 1. The van der Waals surface area contributed by atoms with Crippen molar-refractivity contribution in [3.8, 4) is 0 Å². The molecule has 21 heavy (non-hydrogen) atoms. The third-order valence-corrected chi connectivity index (χ3v) is 4.34. The molecule has 1 saturated heterocycles. The molecule has 0 N–H and O–H groups in total. The molecule has 1 aliphatic rings. The van der Waals surface area contributed by atoms with E-state index in [1.807, 2.05) is 35.2 Å². The largest absolute Gasteiger partial charge is 0.337 e. The summed E-state index contributed by atoms with van der Waals surface area (Å²) in [6.07, 6.45) is 3.56. The molecular formula is C17H23BrN2O. The molecule has 0 bridgehead atoms. The Morgan fingerprint density at radius 2 is 1.90 bits per heavy atom.